The van der Waals surface area contributed by atoms with Crippen LogP contribution in [0.1, 0.15) is 87.0 Å². The number of ether oxygens (including phenoxy) is 1. The summed E-state index contributed by atoms with van der Waals surface area (Å²) in [7, 11) is 0. The Hall–Kier alpha value is -1.10. The van der Waals surface area contributed by atoms with Crippen LogP contribution in [0, 0.1) is 34.0 Å². The molecule has 0 heterocycles. The molecule has 0 aromatic rings. The molecule has 0 saturated heterocycles. The first-order chi connectivity index (χ1) is 13.5. The number of esters is 1. The highest BCUT2D eigenvalue weighted by Gasteiger charge is 2.68. The maximum atomic E-state index is 11.9. The van der Waals surface area contributed by atoms with Gasteiger partial charge in [0.25, 0.3) is 0 Å². The van der Waals surface area contributed by atoms with Crippen molar-refractivity contribution in [3.8, 4) is 0 Å². The van der Waals surface area contributed by atoms with Gasteiger partial charge in [0.15, 0.2) is 0 Å². The van der Waals surface area contributed by atoms with E-state index >= 15 is 0 Å². The van der Waals surface area contributed by atoms with Gasteiger partial charge in [0.05, 0.1) is 12.0 Å². The van der Waals surface area contributed by atoms with Crippen LogP contribution in [0.4, 0.5) is 0 Å². The Kier molecular flexibility index (Phi) is 6.12. The average molecular weight is 408 g/mol. The molecule has 3 fully saturated rings. The first-order valence-electron chi connectivity index (χ1n) is 11.5. The lowest BCUT2D eigenvalue weighted by molar-refractivity contribution is -0.325. The molecule has 0 aromatic heterocycles. The fourth-order valence-electron chi connectivity index (χ4n) is 6.70. The molecule has 0 radical (unpaired) electrons. The molecule has 2 bridgehead atoms. The third-order valence-electron chi connectivity index (χ3n) is 9.01. The lowest BCUT2D eigenvalue weighted by Gasteiger charge is -2.45. The van der Waals surface area contributed by atoms with Gasteiger partial charge in [-0.2, -0.15) is 4.89 Å². The highest BCUT2D eigenvalue weighted by atomic mass is 17.2. The van der Waals surface area contributed by atoms with Crippen molar-refractivity contribution in [1.82, 2.24) is 0 Å². The summed E-state index contributed by atoms with van der Waals surface area (Å²) >= 11 is 0. The molecular weight excluding hydrogens is 366 g/mol. The minimum Gasteiger partial charge on any atom is -0.463 e. The van der Waals surface area contributed by atoms with Crippen LogP contribution in [0.25, 0.3) is 0 Å². The molecule has 5 atom stereocenters. The molecule has 5 nitrogen and oxygen atoms in total. The largest absolute Gasteiger partial charge is 0.463 e. The van der Waals surface area contributed by atoms with Crippen LogP contribution in [0.15, 0.2) is 4.99 Å². The van der Waals surface area contributed by atoms with Crippen molar-refractivity contribution in [3.05, 3.63) is 0 Å². The van der Waals surface area contributed by atoms with Crippen molar-refractivity contribution in [3.63, 3.8) is 0 Å². The highest BCUT2D eigenvalue weighted by Crippen LogP contribution is 2.73. The highest BCUT2D eigenvalue weighted by molar-refractivity contribution is 5.75. The minimum atomic E-state index is -0.444. The van der Waals surface area contributed by atoms with Gasteiger partial charge >= 0.3 is 5.97 Å². The topological polar surface area (TPSA) is 57.1 Å². The first-order valence-corrected chi connectivity index (χ1v) is 11.5. The van der Waals surface area contributed by atoms with Crippen molar-refractivity contribution in [1.29, 1.82) is 0 Å². The molecule has 0 aliphatic heterocycles. The summed E-state index contributed by atoms with van der Waals surface area (Å²) in [5.41, 5.74) is 0.0701. The van der Waals surface area contributed by atoms with E-state index in [2.05, 4.69) is 32.7 Å². The molecule has 166 valence electrons. The van der Waals surface area contributed by atoms with Crippen molar-refractivity contribution in [2.24, 2.45) is 39.0 Å². The van der Waals surface area contributed by atoms with Crippen LogP contribution in [-0.4, -0.2) is 31.1 Å². The van der Waals surface area contributed by atoms with Crippen LogP contribution in [-0.2, 0) is 19.3 Å². The number of carbonyl (C=O) groups excluding carboxylic acids is 1. The predicted octanol–water partition coefficient (Wildman–Crippen LogP) is 5.57. The number of nitrogens with zero attached hydrogens (tertiary/aromatic N) is 1. The second-order valence-corrected chi connectivity index (χ2v) is 11.2. The zero-order valence-corrected chi connectivity index (χ0v) is 19.5. The first kappa shape index (κ1) is 22.6. The van der Waals surface area contributed by atoms with Crippen LogP contribution < -0.4 is 0 Å². The van der Waals surface area contributed by atoms with E-state index in [4.69, 9.17) is 14.5 Å². The van der Waals surface area contributed by atoms with Gasteiger partial charge in [0, 0.05) is 0 Å². The Morgan fingerprint density at radius 3 is 2.59 bits per heavy atom. The fraction of sp³-hybridized carbons (Fsp3) is 0.917. The van der Waals surface area contributed by atoms with E-state index in [0.717, 1.165) is 24.7 Å². The Bertz CT molecular complexity index is 643. The number of rotatable bonds is 8. The molecule has 5 heteroatoms. The standard InChI is InChI=1S/C24H41NO4/c1-8-21(3,4)20(26)27-14-13-25-16-28-29-23(7)11-12-24-15-19(23)22(5,6)18(24)10-9-17(24)2/h16-19H,8-15H2,1-7H3. The summed E-state index contributed by atoms with van der Waals surface area (Å²) in [5, 5.41) is 0. The zero-order chi connectivity index (χ0) is 21.5. The van der Waals surface area contributed by atoms with Gasteiger partial charge in [-0.25, -0.2) is 0 Å². The molecule has 0 aromatic carbocycles. The minimum absolute atomic E-state index is 0.181. The Morgan fingerprint density at radius 1 is 1.17 bits per heavy atom. The predicted molar refractivity (Wildman–Crippen MR) is 114 cm³/mol. The fourth-order valence-corrected chi connectivity index (χ4v) is 6.70. The third kappa shape index (κ3) is 3.84. The molecule has 1 spiro atoms. The third-order valence-corrected chi connectivity index (χ3v) is 9.01. The van der Waals surface area contributed by atoms with Crippen LogP contribution in [0.2, 0.25) is 0 Å². The molecule has 3 rings (SSSR count). The second kappa shape index (κ2) is 7.86. The van der Waals surface area contributed by atoms with E-state index in [9.17, 15) is 4.79 Å². The van der Waals surface area contributed by atoms with Gasteiger partial charge in [-0.3, -0.25) is 9.79 Å². The lowest BCUT2D eigenvalue weighted by Crippen LogP contribution is -2.46. The van der Waals surface area contributed by atoms with Crippen molar-refractivity contribution in [2.75, 3.05) is 13.2 Å². The maximum absolute atomic E-state index is 11.9. The van der Waals surface area contributed by atoms with Gasteiger partial charge in [-0.15, -0.1) is 0 Å². The Labute approximate surface area is 176 Å². The van der Waals surface area contributed by atoms with Crippen LogP contribution >= 0.6 is 0 Å². The number of hydrogen-bond donors (Lipinski definition) is 0. The SMILES string of the molecule is CCC(C)(C)C(=O)OCCN=COOC1(C)CCC23CC1C(C)(C)C2CCC3C. The molecule has 29 heavy (non-hydrogen) atoms. The number of aliphatic imine (C=N–C) groups is 1. The Balaban J connectivity index is 1.48. The van der Waals surface area contributed by atoms with Crippen LogP contribution in [0.3, 0.4) is 0 Å². The van der Waals surface area contributed by atoms with Crippen molar-refractivity contribution in [2.45, 2.75) is 92.6 Å². The number of fused-ring (bicyclic) bond motifs is 1. The van der Waals surface area contributed by atoms with Gasteiger partial charge in [-0.1, -0.05) is 27.7 Å². The van der Waals surface area contributed by atoms with Gasteiger partial charge in [-0.05, 0) is 87.9 Å². The summed E-state index contributed by atoms with van der Waals surface area (Å²) < 4.78 is 5.28. The van der Waals surface area contributed by atoms with Crippen molar-refractivity contribution < 1.29 is 19.3 Å². The van der Waals surface area contributed by atoms with E-state index in [1.165, 1.54) is 32.1 Å². The molecule has 3 saturated carbocycles. The average Bonchev–Trinajstić information content (AvgIpc) is 3.09. The molecular formula is C24H41NO4. The van der Waals surface area contributed by atoms with E-state index in [1.54, 1.807) is 0 Å². The van der Waals surface area contributed by atoms with E-state index in [0.29, 0.717) is 17.9 Å². The van der Waals surface area contributed by atoms with Gasteiger partial charge in [0.1, 0.15) is 12.2 Å². The normalized spacial score (nSPS) is 38.2. The monoisotopic (exact) mass is 407 g/mol. The maximum Gasteiger partial charge on any atom is 0.311 e. The molecule has 3 aliphatic rings. The summed E-state index contributed by atoms with van der Waals surface area (Å²) in [5.74, 6) is 1.95. The van der Waals surface area contributed by atoms with Crippen molar-refractivity contribution >= 4 is 12.4 Å². The van der Waals surface area contributed by atoms with Crippen LogP contribution in [0.5, 0.6) is 0 Å². The smallest absolute Gasteiger partial charge is 0.311 e. The quantitative estimate of drug-likeness (QED) is 0.132. The second-order valence-electron chi connectivity index (χ2n) is 11.2. The molecule has 5 unspecified atom stereocenters. The number of hydrogen-bond acceptors (Lipinski definition) is 5. The molecule has 0 amide bonds. The number of carbonyl (C=O) groups is 1. The summed E-state index contributed by atoms with van der Waals surface area (Å²) in [4.78, 5) is 27.5. The molecule has 0 N–H and O–H groups in total. The zero-order valence-electron chi connectivity index (χ0n) is 19.5. The summed E-state index contributed by atoms with van der Waals surface area (Å²) in [6, 6.07) is 0. The Morgan fingerprint density at radius 2 is 1.90 bits per heavy atom. The van der Waals surface area contributed by atoms with E-state index in [-0.39, 0.29) is 23.6 Å². The molecule has 3 aliphatic carbocycles. The summed E-state index contributed by atoms with van der Waals surface area (Å²) in [6.07, 6.45) is 8.38. The lowest BCUT2D eigenvalue weighted by atomic mass is 9.64. The van der Waals surface area contributed by atoms with Gasteiger partial charge < -0.3 is 9.62 Å². The summed E-state index contributed by atoms with van der Waals surface area (Å²) in [6.45, 7) is 16.0. The van der Waals surface area contributed by atoms with E-state index < -0.39 is 5.41 Å². The van der Waals surface area contributed by atoms with Gasteiger partial charge in [0.2, 0.25) is 6.40 Å². The van der Waals surface area contributed by atoms with E-state index in [1.807, 2.05) is 20.8 Å².